The maximum atomic E-state index is 12.4. The quantitative estimate of drug-likeness (QED) is 0.675. The number of nitrogens with zero attached hydrogens (tertiary/aromatic N) is 3. The van der Waals surface area contributed by atoms with Crippen molar-refractivity contribution in [2.24, 2.45) is 0 Å². The van der Waals surface area contributed by atoms with E-state index in [9.17, 15) is 9.59 Å². The summed E-state index contributed by atoms with van der Waals surface area (Å²) in [6.07, 6.45) is 2.44. The summed E-state index contributed by atoms with van der Waals surface area (Å²) in [6, 6.07) is 8.70. The van der Waals surface area contributed by atoms with Gasteiger partial charge < -0.3 is 15.0 Å². The number of benzene rings is 1. The molecule has 3 rings (SSSR count). The molecule has 1 fully saturated rings. The van der Waals surface area contributed by atoms with E-state index in [2.05, 4.69) is 20.1 Å². The van der Waals surface area contributed by atoms with Crippen molar-refractivity contribution in [2.45, 2.75) is 13.3 Å². The number of amides is 1. The molecule has 30 heavy (non-hydrogen) atoms. The van der Waals surface area contributed by atoms with Crippen molar-refractivity contribution in [3.05, 3.63) is 52.1 Å². The zero-order chi connectivity index (χ0) is 21.5. The number of hydrogen-bond donors (Lipinski definition) is 1. The zero-order valence-electron chi connectivity index (χ0n) is 16.7. The number of hydrogen-bond acceptors (Lipinski definition) is 6. The number of aromatic nitrogens is 1. The van der Waals surface area contributed by atoms with E-state index in [-0.39, 0.29) is 18.4 Å². The molecule has 0 saturated carbocycles. The predicted molar refractivity (Wildman–Crippen MR) is 119 cm³/mol. The predicted octanol–water partition coefficient (Wildman–Crippen LogP) is 3.72. The van der Waals surface area contributed by atoms with E-state index in [1.807, 2.05) is 6.07 Å². The Kier molecular flexibility index (Phi) is 7.90. The number of carbonyl (C=O) groups excluding carboxylic acids is 2. The molecule has 0 radical (unpaired) electrons. The smallest absolute Gasteiger partial charge is 0.339 e. The first kappa shape index (κ1) is 22.3. The van der Waals surface area contributed by atoms with Gasteiger partial charge in [-0.3, -0.25) is 9.69 Å². The van der Waals surface area contributed by atoms with Crippen molar-refractivity contribution in [3.63, 3.8) is 0 Å². The molecule has 2 heterocycles. The number of carbonyl (C=O) groups is 2. The summed E-state index contributed by atoms with van der Waals surface area (Å²) in [5, 5.41) is 3.57. The number of halogens is 2. The van der Waals surface area contributed by atoms with Crippen molar-refractivity contribution in [1.82, 2.24) is 9.88 Å². The van der Waals surface area contributed by atoms with Crippen LogP contribution in [-0.4, -0.2) is 61.1 Å². The molecule has 1 N–H and O–H groups in total. The molecule has 0 atom stereocenters. The molecular formula is C21H24Cl2N4O3. The molecule has 0 spiro atoms. The van der Waals surface area contributed by atoms with Crippen LogP contribution in [0, 0.1) is 0 Å². The van der Waals surface area contributed by atoms with Crippen LogP contribution in [0.1, 0.15) is 23.7 Å². The van der Waals surface area contributed by atoms with Gasteiger partial charge in [-0.25, -0.2) is 9.78 Å². The normalized spacial score (nSPS) is 14.8. The second-order valence-corrected chi connectivity index (χ2v) is 7.68. The Hall–Kier alpha value is -2.35. The van der Waals surface area contributed by atoms with E-state index in [4.69, 9.17) is 27.9 Å². The summed E-state index contributed by atoms with van der Waals surface area (Å²) < 4.78 is 4.99. The van der Waals surface area contributed by atoms with Crippen LogP contribution in [0.2, 0.25) is 10.0 Å². The summed E-state index contributed by atoms with van der Waals surface area (Å²) in [4.78, 5) is 32.9. The van der Waals surface area contributed by atoms with Crippen LogP contribution in [0.4, 0.5) is 11.5 Å². The van der Waals surface area contributed by atoms with Gasteiger partial charge in [0.2, 0.25) is 5.91 Å². The third-order valence-electron chi connectivity index (χ3n) is 4.76. The lowest BCUT2D eigenvalue weighted by Crippen LogP contribution is -2.36. The van der Waals surface area contributed by atoms with Gasteiger partial charge in [0.15, 0.2) is 0 Å². The van der Waals surface area contributed by atoms with Gasteiger partial charge >= 0.3 is 5.97 Å². The van der Waals surface area contributed by atoms with E-state index < -0.39 is 0 Å². The molecule has 9 heteroatoms. The van der Waals surface area contributed by atoms with Gasteiger partial charge in [-0.15, -0.1) is 0 Å². The molecule has 1 aromatic heterocycles. The molecule has 7 nitrogen and oxygen atoms in total. The number of esters is 1. The lowest BCUT2D eigenvalue weighted by atomic mass is 10.2. The van der Waals surface area contributed by atoms with Crippen LogP contribution in [-0.2, 0) is 9.53 Å². The summed E-state index contributed by atoms with van der Waals surface area (Å²) in [7, 11) is 0. The van der Waals surface area contributed by atoms with Gasteiger partial charge in [0.1, 0.15) is 5.82 Å². The fraction of sp³-hybridized carbons (Fsp3) is 0.381. The van der Waals surface area contributed by atoms with E-state index in [0.29, 0.717) is 27.9 Å². The Labute approximate surface area is 185 Å². The van der Waals surface area contributed by atoms with Crippen LogP contribution in [0.3, 0.4) is 0 Å². The summed E-state index contributed by atoms with van der Waals surface area (Å²) in [5.74, 6) is 0.300. The first-order valence-electron chi connectivity index (χ1n) is 9.82. The molecule has 0 aliphatic carbocycles. The van der Waals surface area contributed by atoms with Crippen molar-refractivity contribution in [2.75, 3.05) is 49.5 Å². The average molecular weight is 451 g/mol. The zero-order valence-corrected chi connectivity index (χ0v) is 18.2. The van der Waals surface area contributed by atoms with E-state index in [0.717, 1.165) is 38.4 Å². The molecule has 1 aliphatic rings. The Bertz CT molecular complexity index is 892. The fourth-order valence-corrected chi connectivity index (χ4v) is 3.61. The Morgan fingerprint density at radius 2 is 1.97 bits per heavy atom. The largest absolute Gasteiger partial charge is 0.462 e. The van der Waals surface area contributed by atoms with Gasteiger partial charge in [0.05, 0.1) is 34.4 Å². The van der Waals surface area contributed by atoms with Gasteiger partial charge in [-0.1, -0.05) is 29.3 Å². The number of rotatable bonds is 6. The van der Waals surface area contributed by atoms with Crippen molar-refractivity contribution in [1.29, 1.82) is 0 Å². The van der Waals surface area contributed by atoms with Crippen LogP contribution in [0.25, 0.3) is 0 Å². The third kappa shape index (κ3) is 5.84. The summed E-state index contributed by atoms with van der Waals surface area (Å²) >= 11 is 12.1. The second kappa shape index (κ2) is 10.6. The highest BCUT2D eigenvalue weighted by Gasteiger charge is 2.19. The molecule has 0 bridgehead atoms. The van der Waals surface area contributed by atoms with E-state index >= 15 is 0 Å². The van der Waals surface area contributed by atoms with Crippen molar-refractivity contribution >= 4 is 46.6 Å². The first-order chi connectivity index (χ1) is 14.5. The van der Waals surface area contributed by atoms with Gasteiger partial charge in [0, 0.05) is 32.4 Å². The maximum absolute atomic E-state index is 12.4. The first-order valence-corrected chi connectivity index (χ1v) is 10.6. The molecule has 0 unspecified atom stereocenters. The van der Waals surface area contributed by atoms with Gasteiger partial charge in [0.25, 0.3) is 0 Å². The topological polar surface area (TPSA) is 74.8 Å². The van der Waals surface area contributed by atoms with Crippen LogP contribution < -0.4 is 10.2 Å². The third-order valence-corrected chi connectivity index (χ3v) is 5.58. The average Bonchev–Trinajstić information content (AvgIpc) is 2.97. The minimum Gasteiger partial charge on any atom is -0.462 e. The van der Waals surface area contributed by atoms with Gasteiger partial charge in [-0.05, 0) is 37.6 Å². The Balaban J connectivity index is 1.54. The molecule has 1 aliphatic heterocycles. The Morgan fingerprint density at radius 3 is 2.70 bits per heavy atom. The lowest BCUT2D eigenvalue weighted by molar-refractivity contribution is -0.117. The van der Waals surface area contributed by atoms with Crippen LogP contribution in [0.5, 0.6) is 0 Å². The van der Waals surface area contributed by atoms with Crippen molar-refractivity contribution < 1.29 is 14.3 Å². The maximum Gasteiger partial charge on any atom is 0.339 e. The molecule has 2 aromatic rings. The van der Waals surface area contributed by atoms with E-state index in [1.165, 1.54) is 6.20 Å². The molecule has 1 aromatic carbocycles. The highest BCUT2D eigenvalue weighted by Crippen LogP contribution is 2.29. The highest BCUT2D eigenvalue weighted by molar-refractivity contribution is 6.44. The van der Waals surface area contributed by atoms with Crippen molar-refractivity contribution in [3.8, 4) is 0 Å². The number of anilines is 2. The molecular weight excluding hydrogens is 427 g/mol. The second-order valence-electron chi connectivity index (χ2n) is 6.89. The number of nitrogens with one attached hydrogen (secondary N) is 1. The SMILES string of the molecule is CCOC(=O)c1ccc(N2CCCN(CC(=O)Nc3cccc(Cl)c3Cl)CC2)nc1. The number of pyridine rings is 1. The minimum atomic E-state index is -0.371. The molecule has 1 saturated heterocycles. The molecule has 1 amide bonds. The van der Waals surface area contributed by atoms with E-state index in [1.54, 1.807) is 31.2 Å². The highest BCUT2D eigenvalue weighted by atomic mass is 35.5. The minimum absolute atomic E-state index is 0.135. The van der Waals surface area contributed by atoms with Crippen LogP contribution >= 0.6 is 23.2 Å². The monoisotopic (exact) mass is 450 g/mol. The molecule has 160 valence electrons. The standard InChI is InChI=1S/C21H24Cl2N4O3/c1-2-30-21(29)15-7-8-18(24-13-15)27-10-4-9-26(11-12-27)14-19(28)25-17-6-3-5-16(22)20(17)23/h3,5-8,13H,2,4,9-12,14H2,1H3,(H,25,28). The summed E-state index contributed by atoms with van der Waals surface area (Å²) in [6.45, 7) is 5.45. The Morgan fingerprint density at radius 1 is 1.13 bits per heavy atom. The van der Waals surface area contributed by atoms with Crippen LogP contribution in [0.15, 0.2) is 36.5 Å². The number of ether oxygens (including phenoxy) is 1. The lowest BCUT2D eigenvalue weighted by Gasteiger charge is -2.22. The van der Waals surface area contributed by atoms with Gasteiger partial charge in [-0.2, -0.15) is 0 Å². The fourth-order valence-electron chi connectivity index (χ4n) is 3.26. The summed E-state index contributed by atoms with van der Waals surface area (Å²) in [5.41, 5.74) is 0.949.